The number of benzene rings is 4. The van der Waals surface area contributed by atoms with Gasteiger partial charge in [0.15, 0.2) is 0 Å². The molecular weight excluding hydrogens is 533 g/mol. The lowest BCUT2D eigenvalue weighted by Gasteiger charge is -2.23. The topological polar surface area (TPSA) is 102 Å². The lowest BCUT2D eigenvalue weighted by molar-refractivity contribution is -0.192. The molecule has 2 N–H and O–H groups in total. The molecule has 0 bridgehead atoms. The Morgan fingerprint density at radius 1 is 0.732 bits per heavy atom. The summed E-state index contributed by atoms with van der Waals surface area (Å²) < 4.78 is 31.7. The molecule has 0 aromatic heterocycles. The van der Waals surface area contributed by atoms with Crippen LogP contribution in [0.2, 0.25) is 0 Å². The van der Waals surface area contributed by atoms with Crippen LogP contribution in [0.25, 0.3) is 11.1 Å². The highest BCUT2D eigenvalue weighted by atomic mass is 19.4. The van der Waals surface area contributed by atoms with E-state index in [1.165, 1.54) is 16.7 Å². The second-order valence-corrected chi connectivity index (χ2v) is 9.14. The van der Waals surface area contributed by atoms with Crippen LogP contribution in [0.4, 0.5) is 13.2 Å². The number of hydrogen-bond acceptors (Lipinski definition) is 4. The van der Waals surface area contributed by atoms with Crippen molar-refractivity contribution in [2.45, 2.75) is 25.7 Å². The van der Waals surface area contributed by atoms with Gasteiger partial charge < -0.3 is 10.2 Å². The Bertz CT molecular complexity index is 1480. The molecule has 0 heterocycles. The van der Waals surface area contributed by atoms with E-state index in [-0.39, 0.29) is 5.56 Å². The number of nitrogens with zero attached hydrogens (tertiary/aromatic N) is 2. The number of nitriles is 1. The third-order valence-electron chi connectivity index (χ3n) is 6.09. The number of halogens is 3. The first-order valence-corrected chi connectivity index (χ1v) is 12.5. The molecule has 4 aromatic carbocycles. The molecule has 0 aliphatic heterocycles. The zero-order chi connectivity index (χ0) is 29.8. The third-order valence-corrected chi connectivity index (χ3v) is 6.09. The number of carbonyl (C=O) groups is 2. The van der Waals surface area contributed by atoms with Crippen LogP contribution in [0.1, 0.15) is 32.6 Å². The van der Waals surface area contributed by atoms with Crippen molar-refractivity contribution in [2.24, 2.45) is 0 Å². The SMILES string of the molecule is N#Cc1ccc(CN(CCc2ccccc2)Cc2cccc(-c3ccc(C(=O)O)cc3)c2)cc1.O=C(O)C(F)(F)F. The van der Waals surface area contributed by atoms with Crippen LogP contribution >= 0.6 is 0 Å². The van der Waals surface area contributed by atoms with E-state index in [0.717, 1.165) is 37.2 Å². The molecule has 0 radical (unpaired) electrons. The minimum Gasteiger partial charge on any atom is -0.478 e. The number of hydrogen-bond donors (Lipinski definition) is 2. The van der Waals surface area contributed by atoms with Crippen LogP contribution in [0.3, 0.4) is 0 Å². The van der Waals surface area contributed by atoms with Gasteiger partial charge in [0.2, 0.25) is 0 Å². The van der Waals surface area contributed by atoms with Gasteiger partial charge in [-0.2, -0.15) is 18.4 Å². The Hall–Kier alpha value is -4.94. The fraction of sp³-hybridized carbons (Fsp3) is 0.156. The van der Waals surface area contributed by atoms with Gasteiger partial charge in [0, 0.05) is 19.6 Å². The average Bonchev–Trinajstić information content (AvgIpc) is 2.97. The molecule has 0 aliphatic rings. The molecule has 41 heavy (non-hydrogen) atoms. The molecule has 0 spiro atoms. The van der Waals surface area contributed by atoms with Crippen LogP contribution in [0.5, 0.6) is 0 Å². The molecule has 4 rings (SSSR count). The summed E-state index contributed by atoms with van der Waals surface area (Å²) in [5.41, 5.74) is 6.69. The fourth-order valence-electron chi connectivity index (χ4n) is 4.00. The normalized spacial score (nSPS) is 10.8. The van der Waals surface area contributed by atoms with Gasteiger partial charge in [-0.05, 0) is 64.6 Å². The standard InChI is InChI=1S/C30H26N2O2.C2HF3O2/c31-20-24-9-11-25(12-10-24)21-32(18-17-23-5-2-1-3-6-23)22-26-7-4-8-29(19-26)27-13-15-28(16-14-27)30(33)34;3-2(4,5)1(6)7/h1-16,19H,17-18,21-22H2,(H,33,34);(H,6,7). The molecule has 6 nitrogen and oxygen atoms in total. The lowest BCUT2D eigenvalue weighted by Crippen LogP contribution is -2.25. The summed E-state index contributed by atoms with van der Waals surface area (Å²) in [4.78, 5) is 22.5. The lowest BCUT2D eigenvalue weighted by atomic mass is 10.0. The first-order valence-electron chi connectivity index (χ1n) is 12.5. The first kappa shape index (κ1) is 30.6. The number of carboxylic acid groups (broad SMARTS) is 2. The predicted molar refractivity (Wildman–Crippen MR) is 148 cm³/mol. The second-order valence-electron chi connectivity index (χ2n) is 9.14. The van der Waals surface area contributed by atoms with Crippen molar-refractivity contribution >= 4 is 11.9 Å². The van der Waals surface area contributed by atoms with E-state index in [2.05, 4.69) is 47.4 Å². The van der Waals surface area contributed by atoms with Gasteiger partial charge in [-0.3, -0.25) is 4.90 Å². The maximum Gasteiger partial charge on any atom is 0.490 e. The van der Waals surface area contributed by atoms with E-state index >= 15 is 0 Å². The Morgan fingerprint density at radius 3 is 1.88 bits per heavy atom. The summed E-state index contributed by atoms with van der Waals surface area (Å²) in [7, 11) is 0. The molecule has 0 amide bonds. The summed E-state index contributed by atoms with van der Waals surface area (Å²) in [6, 6.07) is 35.8. The van der Waals surface area contributed by atoms with Crippen LogP contribution in [-0.2, 0) is 24.3 Å². The van der Waals surface area contributed by atoms with Gasteiger partial charge in [-0.15, -0.1) is 0 Å². The molecule has 0 unspecified atom stereocenters. The molecular formula is C32H27F3N2O4. The minimum atomic E-state index is -5.08. The van der Waals surface area contributed by atoms with Gasteiger partial charge in [0.25, 0.3) is 0 Å². The largest absolute Gasteiger partial charge is 0.490 e. The highest BCUT2D eigenvalue weighted by molar-refractivity contribution is 5.88. The molecule has 0 saturated heterocycles. The predicted octanol–water partition coefficient (Wildman–Crippen LogP) is 6.80. The Kier molecular flexibility index (Phi) is 10.8. The summed E-state index contributed by atoms with van der Waals surface area (Å²) in [5, 5.41) is 25.4. The molecule has 210 valence electrons. The van der Waals surface area contributed by atoms with Gasteiger partial charge in [-0.1, -0.05) is 72.8 Å². The molecule has 0 atom stereocenters. The monoisotopic (exact) mass is 560 g/mol. The van der Waals surface area contributed by atoms with Crippen LogP contribution in [0, 0.1) is 11.3 Å². The van der Waals surface area contributed by atoms with Crippen molar-refractivity contribution in [3.8, 4) is 17.2 Å². The van der Waals surface area contributed by atoms with E-state index in [0.29, 0.717) is 5.56 Å². The highest BCUT2D eigenvalue weighted by Crippen LogP contribution is 2.22. The van der Waals surface area contributed by atoms with Crippen LogP contribution < -0.4 is 0 Å². The number of rotatable bonds is 9. The second kappa shape index (κ2) is 14.4. The quantitative estimate of drug-likeness (QED) is 0.233. The number of aromatic carboxylic acids is 1. The third kappa shape index (κ3) is 9.95. The molecule has 9 heteroatoms. The Balaban J connectivity index is 0.000000587. The molecule has 4 aromatic rings. The molecule has 0 fully saturated rings. The van der Waals surface area contributed by atoms with Gasteiger partial charge in [0.1, 0.15) is 0 Å². The van der Waals surface area contributed by atoms with Gasteiger partial charge in [0.05, 0.1) is 17.2 Å². The Labute approximate surface area is 235 Å². The van der Waals surface area contributed by atoms with Crippen molar-refractivity contribution in [2.75, 3.05) is 6.54 Å². The Morgan fingerprint density at radius 2 is 1.32 bits per heavy atom. The van der Waals surface area contributed by atoms with Crippen molar-refractivity contribution in [3.63, 3.8) is 0 Å². The number of alkyl halides is 3. The van der Waals surface area contributed by atoms with Crippen molar-refractivity contribution < 1.29 is 33.0 Å². The average molecular weight is 561 g/mol. The maximum absolute atomic E-state index is 11.2. The zero-order valence-electron chi connectivity index (χ0n) is 21.9. The van der Waals surface area contributed by atoms with Crippen molar-refractivity contribution in [1.29, 1.82) is 5.26 Å². The fourth-order valence-corrected chi connectivity index (χ4v) is 4.00. The van der Waals surface area contributed by atoms with Crippen LogP contribution in [0.15, 0.2) is 103 Å². The summed E-state index contributed by atoms with van der Waals surface area (Å²) >= 11 is 0. The summed E-state index contributed by atoms with van der Waals surface area (Å²) in [6.07, 6.45) is -4.13. The van der Waals surface area contributed by atoms with E-state index in [9.17, 15) is 18.0 Å². The van der Waals surface area contributed by atoms with E-state index < -0.39 is 18.1 Å². The van der Waals surface area contributed by atoms with E-state index in [4.69, 9.17) is 20.3 Å². The molecule has 0 aliphatic carbocycles. The number of aliphatic carboxylic acids is 1. The van der Waals surface area contributed by atoms with E-state index in [1.807, 2.05) is 54.6 Å². The highest BCUT2D eigenvalue weighted by Gasteiger charge is 2.38. The number of carboxylic acids is 2. The van der Waals surface area contributed by atoms with E-state index in [1.54, 1.807) is 12.1 Å². The van der Waals surface area contributed by atoms with Gasteiger partial charge >= 0.3 is 18.1 Å². The minimum absolute atomic E-state index is 0.286. The van der Waals surface area contributed by atoms with Crippen molar-refractivity contribution in [1.82, 2.24) is 4.90 Å². The van der Waals surface area contributed by atoms with Gasteiger partial charge in [-0.25, -0.2) is 9.59 Å². The molecule has 0 saturated carbocycles. The van der Waals surface area contributed by atoms with Crippen LogP contribution in [-0.4, -0.2) is 39.8 Å². The maximum atomic E-state index is 11.2. The smallest absolute Gasteiger partial charge is 0.478 e. The first-order chi connectivity index (χ1) is 19.5. The summed E-state index contributed by atoms with van der Waals surface area (Å²) in [5.74, 6) is -3.68. The van der Waals surface area contributed by atoms with Crippen molar-refractivity contribution in [3.05, 3.63) is 131 Å². The summed E-state index contributed by atoms with van der Waals surface area (Å²) in [6.45, 7) is 2.48. The zero-order valence-corrected chi connectivity index (χ0v) is 21.9.